The van der Waals surface area contributed by atoms with Crippen LogP contribution in [0, 0.1) is 0 Å². The van der Waals surface area contributed by atoms with Crippen LogP contribution in [0.4, 0.5) is 4.79 Å². The van der Waals surface area contributed by atoms with E-state index in [0.717, 1.165) is 16.5 Å². The highest BCUT2D eigenvalue weighted by Gasteiger charge is 2.27. The van der Waals surface area contributed by atoms with Crippen molar-refractivity contribution in [1.29, 1.82) is 0 Å². The molecule has 146 valence electrons. The van der Waals surface area contributed by atoms with Crippen LogP contribution in [0.25, 0.3) is 22.2 Å². The third-order valence-corrected chi connectivity index (χ3v) is 4.48. The fourth-order valence-electron chi connectivity index (χ4n) is 3.26. The number of rotatable bonds is 3. The minimum atomic E-state index is -0.700. The fraction of sp³-hybridized carbons (Fsp3) is 0.174. The Morgan fingerprint density at radius 1 is 1.03 bits per heavy atom. The van der Waals surface area contributed by atoms with E-state index in [4.69, 9.17) is 4.74 Å². The number of aromatic nitrogens is 3. The number of aromatic amines is 1. The lowest BCUT2D eigenvalue weighted by Gasteiger charge is -2.21. The van der Waals surface area contributed by atoms with Crippen molar-refractivity contribution in [3.8, 4) is 11.3 Å². The van der Waals surface area contributed by atoms with Crippen LogP contribution in [0.15, 0.2) is 67.1 Å². The zero-order valence-corrected chi connectivity index (χ0v) is 16.5. The van der Waals surface area contributed by atoms with Gasteiger partial charge in [0.1, 0.15) is 11.3 Å². The Hall–Kier alpha value is -3.67. The van der Waals surface area contributed by atoms with Crippen LogP contribution in [0.2, 0.25) is 0 Å². The van der Waals surface area contributed by atoms with E-state index < -0.39 is 11.7 Å². The summed E-state index contributed by atoms with van der Waals surface area (Å²) in [5.41, 5.74) is 2.17. The maximum Gasteiger partial charge on any atom is 0.419 e. The summed E-state index contributed by atoms with van der Waals surface area (Å²) < 4.78 is 6.91. The molecule has 0 saturated heterocycles. The maximum atomic E-state index is 13.4. The minimum Gasteiger partial charge on any atom is -0.443 e. The third-order valence-electron chi connectivity index (χ3n) is 4.48. The Balaban J connectivity index is 1.86. The molecule has 0 bridgehead atoms. The number of pyridine rings is 1. The SMILES string of the molecule is CC(C)(C)OC(=O)n1c(C(=O)c2c[nH]c3ccccc23)ccc1-c1cccnc1. The largest absolute Gasteiger partial charge is 0.443 e. The molecule has 6 nitrogen and oxygen atoms in total. The van der Waals surface area contributed by atoms with Gasteiger partial charge in [-0.1, -0.05) is 18.2 Å². The minimum absolute atomic E-state index is 0.239. The lowest BCUT2D eigenvalue weighted by atomic mass is 10.1. The van der Waals surface area contributed by atoms with E-state index in [-0.39, 0.29) is 11.5 Å². The lowest BCUT2D eigenvalue weighted by Crippen LogP contribution is -2.29. The van der Waals surface area contributed by atoms with E-state index in [0.29, 0.717) is 11.3 Å². The first-order chi connectivity index (χ1) is 13.8. The third kappa shape index (κ3) is 3.57. The first kappa shape index (κ1) is 18.7. The summed E-state index contributed by atoms with van der Waals surface area (Å²) in [6.07, 6.45) is 4.37. The predicted octanol–water partition coefficient (Wildman–Crippen LogP) is 5.05. The highest BCUT2D eigenvalue weighted by molar-refractivity contribution is 6.17. The van der Waals surface area contributed by atoms with E-state index in [1.807, 2.05) is 30.3 Å². The van der Waals surface area contributed by atoms with Crippen molar-refractivity contribution < 1.29 is 14.3 Å². The van der Waals surface area contributed by atoms with Crippen LogP contribution in [0.5, 0.6) is 0 Å². The highest BCUT2D eigenvalue weighted by Crippen LogP contribution is 2.27. The van der Waals surface area contributed by atoms with Crippen LogP contribution in [-0.2, 0) is 4.74 Å². The summed E-state index contributed by atoms with van der Waals surface area (Å²) >= 11 is 0. The number of benzene rings is 1. The first-order valence-corrected chi connectivity index (χ1v) is 9.31. The molecule has 3 aromatic heterocycles. The molecule has 4 rings (SSSR count). The van der Waals surface area contributed by atoms with Crippen molar-refractivity contribution in [3.63, 3.8) is 0 Å². The van der Waals surface area contributed by atoms with Gasteiger partial charge < -0.3 is 9.72 Å². The van der Waals surface area contributed by atoms with Crippen LogP contribution < -0.4 is 0 Å². The quantitative estimate of drug-likeness (QED) is 0.499. The van der Waals surface area contributed by atoms with Crippen molar-refractivity contribution in [1.82, 2.24) is 14.5 Å². The van der Waals surface area contributed by atoms with Gasteiger partial charge in [-0.3, -0.25) is 9.78 Å². The van der Waals surface area contributed by atoms with Gasteiger partial charge in [-0.15, -0.1) is 0 Å². The molecule has 0 radical (unpaired) electrons. The number of H-pyrrole nitrogens is 1. The summed E-state index contributed by atoms with van der Waals surface area (Å²) in [6.45, 7) is 5.37. The molecule has 6 heteroatoms. The number of nitrogens with zero attached hydrogens (tertiary/aromatic N) is 2. The molecule has 29 heavy (non-hydrogen) atoms. The standard InChI is InChI=1S/C23H21N3O3/c1-23(2,3)29-22(28)26-19(15-7-6-12-24-13-15)10-11-20(26)21(27)17-14-25-18-9-5-4-8-16(17)18/h4-14,25H,1-3H3. The maximum absolute atomic E-state index is 13.4. The summed E-state index contributed by atoms with van der Waals surface area (Å²) in [7, 11) is 0. The van der Waals surface area contributed by atoms with Crippen molar-refractivity contribution in [2.45, 2.75) is 26.4 Å². The van der Waals surface area contributed by atoms with Crippen molar-refractivity contribution in [3.05, 3.63) is 78.4 Å². The first-order valence-electron chi connectivity index (χ1n) is 9.31. The van der Waals surface area contributed by atoms with Crippen molar-refractivity contribution >= 4 is 22.8 Å². The fourth-order valence-corrected chi connectivity index (χ4v) is 3.26. The molecule has 0 amide bonds. The monoisotopic (exact) mass is 387 g/mol. The smallest absolute Gasteiger partial charge is 0.419 e. The number of nitrogens with one attached hydrogen (secondary N) is 1. The molecule has 0 saturated carbocycles. The lowest BCUT2D eigenvalue weighted by molar-refractivity contribution is 0.0532. The summed E-state index contributed by atoms with van der Waals surface area (Å²) in [5.74, 6) is -0.261. The topological polar surface area (TPSA) is 77.0 Å². The normalized spacial score (nSPS) is 11.6. The Labute approximate surface area is 168 Å². The molecule has 0 unspecified atom stereocenters. The van der Waals surface area contributed by atoms with E-state index in [2.05, 4.69) is 9.97 Å². The summed E-state index contributed by atoms with van der Waals surface area (Å²) in [4.78, 5) is 33.7. The van der Waals surface area contributed by atoms with E-state index in [1.54, 1.807) is 57.6 Å². The molecule has 0 atom stereocenters. The number of para-hydroxylation sites is 1. The molecule has 1 N–H and O–H groups in total. The zero-order chi connectivity index (χ0) is 20.6. The van der Waals surface area contributed by atoms with Gasteiger partial charge in [0, 0.05) is 40.6 Å². The van der Waals surface area contributed by atoms with Crippen LogP contribution in [-0.4, -0.2) is 32.0 Å². The average molecular weight is 387 g/mol. The van der Waals surface area contributed by atoms with E-state index in [1.165, 1.54) is 4.57 Å². The molecule has 0 spiro atoms. The number of hydrogen-bond acceptors (Lipinski definition) is 4. The van der Waals surface area contributed by atoms with Gasteiger partial charge in [0.05, 0.1) is 5.69 Å². The number of ketones is 1. The molecular weight excluding hydrogens is 366 g/mol. The average Bonchev–Trinajstić information content (AvgIpc) is 3.31. The van der Waals surface area contributed by atoms with Gasteiger partial charge in [-0.25, -0.2) is 9.36 Å². The van der Waals surface area contributed by atoms with Crippen LogP contribution >= 0.6 is 0 Å². The Bertz CT molecular complexity index is 1200. The van der Waals surface area contributed by atoms with E-state index in [9.17, 15) is 9.59 Å². The van der Waals surface area contributed by atoms with Gasteiger partial charge in [0.25, 0.3) is 0 Å². The van der Waals surface area contributed by atoms with E-state index >= 15 is 0 Å². The number of carbonyl (C=O) groups excluding carboxylic acids is 2. The molecule has 3 heterocycles. The number of carbonyl (C=O) groups is 2. The molecule has 1 aromatic carbocycles. The predicted molar refractivity (Wildman–Crippen MR) is 111 cm³/mol. The van der Waals surface area contributed by atoms with Gasteiger partial charge in [0.15, 0.2) is 0 Å². The molecule has 0 aliphatic heterocycles. The molecule has 0 aliphatic rings. The zero-order valence-electron chi connectivity index (χ0n) is 16.5. The second-order valence-electron chi connectivity index (χ2n) is 7.74. The second kappa shape index (κ2) is 7.05. The van der Waals surface area contributed by atoms with Crippen molar-refractivity contribution in [2.75, 3.05) is 0 Å². The van der Waals surface area contributed by atoms with Gasteiger partial charge in [0.2, 0.25) is 5.78 Å². The van der Waals surface area contributed by atoms with Gasteiger partial charge in [-0.2, -0.15) is 0 Å². The number of ether oxygens (including phenoxy) is 1. The Morgan fingerprint density at radius 2 is 1.83 bits per heavy atom. The molecule has 4 aromatic rings. The highest BCUT2D eigenvalue weighted by atomic mass is 16.6. The molecule has 0 aliphatic carbocycles. The summed E-state index contributed by atoms with van der Waals surface area (Å²) in [6, 6.07) is 14.6. The summed E-state index contributed by atoms with van der Waals surface area (Å²) in [5, 5.41) is 0.803. The van der Waals surface area contributed by atoms with Gasteiger partial charge in [-0.05, 0) is 51.1 Å². The van der Waals surface area contributed by atoms with Gasteiger partial charge >= 0.3 is 6.09 Å². The molecule has 0 fully saturated rings. The Kier molecular flexibility index (Phi) is 4.54. The van der Waals surface area contributed by atoms with Crippen LogP contribution in [0.3, 0.4) is 0 Å². The number of hydrogen-bond donors (Lipinski definition) is 1. The van der Waals surface area contributed by atoms with Crippen LogP contribution in [0.1, 0.15) is 36.8 Å². The Morgan fingerprint density at radius 3 is 2.55 bits per heavy atom. The second-order valence-corrected chi connectivity index (χ2v) is 7.74. The molecular formula is C23H21N3O3. The number of fused-ring (bicyclic) bond motifs is 1. The van der Waals surface area contributed by atoms with Crippen molar-refractivity contribution in [2.24, 2.45) is 0 Å².